The highest BCUT2D eigenvalue weighted by Crippen LogP contribution is 2.45. The lowest BCUT2D eigenvalue weighted by Crippen LogP contribution is -2.46. The normalized spacial score (nSPS) is 19.6. The van der Waals surface area contributed by atoms with Gasteiger partial charge in [-0.05, 0) is 25.5 Å². The summed E-state index contributed by atoms with van der Waals surface area (Å²) in [5, 5.41) is 7.23. The van der Waals surface area contributed by atoms with Gasteiger partial charge in [0.1, 0.15) is 12.3 Å². The number of aromatic nitrogens is 2. The molecule has 0 aliphatic carbocycles. The van der Waals surface area contributed by atoms with Gasteiger partial charge >= 0.3 is 0 Å². The molecule has 0 aromatic carbocycles. The molecule has 0 saturated carbocycles. The van der Waals surface area contributed by atoms with Gasteiger partial charge in [0.2, 0.25) is 5.96 Å². The van der Waals surface area contributed by atoms with Gasteiger partial charge in [-0.15, -0.1) is 0 Å². The number of nitrogens with one attached hydrogen (secondary N) is 1. The summed E-state index contributed by atoms with van der Waals surface area (Å²) >= 11 is 0. The number of ether oxygens (including phenoxy) is 1. The van der Waals surface area contributed by atoms with Gasteiger partial charge in [-0.25, -0.2) is 4.99 Å². The zero-order valence-electron chi connectivity index (χ0n) is 16.9. The number of aryl methyl sites for hydroxylation is 2. The Morgan fingerprint density at radius 3 is 2.83 bits per heavy atom. The average molecular weight is 396 g/mol. The summed E-state index contributed by atoms with van der Waals surface area (Å²) in [6, 6.07) is 1.75. The number of allylic oxidation sites excluding steroid dienone is 1. The van der Waals surface area contributed by atoms with E-state index in [4.69, 9.17) is 10.5 Å². The van der Waals surface area contributed by atoms with Crippen LogP contribution in [0, 0.1) is 12.3 Å². The number of nitrogens with zero attached hydrogens (tertiary/aromatic N) is 4. The highest BCUT2D eigenvalue weighted by atomic mass is 16.5. The Hall–Kier alpha value is -3.36. The summed E-state index contributed by atoms with van der Waals surface area (Å²) in [4.78, 5) is 31.2. The Kier molecular flexibility index (Phi) is 4.33. The Labute approximate surface area is 168 Å². The van der Waals surface area contributed by atoms with Crippen molar-refractivity contribution in [3.05, 3.63) is 52.3 Å². The number of nitrogens with two attached hydrogens (primary N) is 1. The molecule has 0 bridgehead atoms. The predicted octanol–water partition coefficient (Wildman–Crippen LogP) is 1.19. The van der Waals surface area contributed by atoms with E-state index in [2.05, 4.69) is 29.3 Å². The zero-order valence-corrected chi connectivity index (χ0v) is 16.9. The molecule has 152 valence electrons. The van der Waals surface area contributed by atoms with Crippen LogP contribution < -0.4 is 11.1 Å². The third-order valence-electron chi connectivity index (χ3n) is 5.40. The number of carbonyl (C=O) groups is 2. The fourth-order valence-electron chi connectivity index (χ4n) is 3.96. The first-order valence-corrected chi connectivity index (χ1v) is 9.50. The van der Waals surface area contributed by atoms with Gasteiger partial charge in [0.25, 0.3) is 11.8 Å². The third kappa shape index (κ3) is 3.02. The lowest BCUT2D eigenvalue weighted by Gasteiger charge is -2.29. The maximum absolute atomic E-state index is 12.9. The molecule has 1 aromatic heterocycles. The number of guanidine groups is 1. The van der Waals surface area contributed by atoms with Crippen molar-refractivity contribution in [3.8, 4) is 0 Å². The van der Waals surface area contributed by atoms with Crippen molar-refractivity contribution >= 4 is 17.8 Å². The van der Waals surface area contributed by atoms with Crippen molar-refractivity contribution in [2.45, 2.75) is 34.2 Å². The second-order valence-corrected chi connectivity index (χ2v) is 7.94. The summed E-state index contributed by atoms with van der Waals surface area (Å²) in [7, 11) is 0. The number of aliphatic imine (C=N–C) groups is 1. The summed E-state index contributed by atoms with van der Waals surface area (Å²) < 4.78 is 7.26. The fourth-order valence-corrected chi connectivity index (χ4v) is 3.96. The quantitative estimate of drug-likeness (QED) is 0.796. The molecule has 0 atom stereocenters. The molecule has 3 aliphatic heterocycles. The molecule has 0 saturated heterocycles. The molecule has 0 unspecified atom stereocenters. The lowest BCUT2D eigenvalue weighted by molar-refractivity contribution is -0.114. The standard InChI is InChI=1S/C20H24N6O3/c1-5-26-15(6-11(2)24-26)18(28)23-19-22-7-12-13(17(21)27)8-29-9-14-16(12)25(19)10-20(14,3)4/h6-8H,5,9-10H2,1-4H3,(H2,21,27)(H,22,23,28). The number of hydrogen-bond donors (Lipinski definition) is 2. The van der Waals surface area contributed by atoms with Gasteiger partial charge in [-0.1, -0.05) is 13.8 Å². The van der Waals surface area contributed by atoms with E-state index in [9.17, 15) is 9.59 Å². The summed E-state index contributed by atoms with van der Waals surface area (Å²) in [6.07, 6.45) is 2.96. The van der Waals surface area contributed by atoms with Gasteiger partial charge in [-0.3, -0.25) is 19.6 Å². The first-order valence-electron chi connectivity index (χ1n) is 9.50. The monoisotopic (exact) mass is 396 g/mol. The van der Waals surface area contributed by atoms with E-state index in [0.717, 1.165) is 17.0 Å². The second kappa shape index (κ2) is 6.61. The molecule has 0 radical (unpaired) electrons. The minimum Gasteiger partial charge on any atom is -0.496 e. The molecule has 2 amide bonds. The molecule has 4 rings (SSSR count). The molecule has 3 aliphatic rings. The average Bonchev–Trinajstić information content (AvgIpc) is 3.07. The SMILES string of the molecule is CCn1nc(C)cc1C(=O)NC1=NC=C2C(C(N)=O)=COCC3=C2N1CC3(C)C. The van der Waals surface area contributed by atoms with Gasteiger partial charge in [0.05, 0.1) is 23.2 Å². The number of hydrogen-bond acceptors (Lipinski definition) is 6. The van der Waals surface area contributed by atoms with Crippen LogP contribution in [0.15, 0.2) is 45.9 Å². The van der Waals surface area contributed by atoms with Gasteiger partial charge in [0, 0.05) is 30.3 Å². The molecule has 0 fully saturated rings. The van der Waals surface area contributed by atoms with Crippen molar-refractivity contribution in [3.63, 3.8) is 0 Å². The van der Waals surface area contributed by atoms with Crippen LogP contribution in [0.25, 0.3) is 0 Å². The highest BCUT2D eigenvalue weighted by Gasteiger charge is 2.44. The first kappa shape index (κ1) is 19.0. The van der Waals surface area contributed by atoms with Crippen LogP contribution in [0.2, 0.25) is 0 Å². The zero-order chi connectivity index (χ0) is 20.9. The van der Waals surface area contributed by atoms with Crippen molar-refractivity contribution in [1.82, 2.24) is 20.0 Å². The topological polar surface area (TPSA) is 115 Å². The van der Waals surface area contributed by atoms with Crippen LogP contribution in [0.1, 0.15) is 37.0 Å². The number of amides is 2. The molecule has 29 heavy (non-hydrogen) atoms. The Morgan fingerprint density at radius 1 is 1.38 bits per heavy atom. The lowest BCUT2D eigenvalue weighted by atomic mass is 9.85. The van der Waals surface area contributed by atoms with Gasteiger partial charge in [-0.2, -0.15) is 5.10 Å². The van der Waals surface area contributed by atoms with E-state index >= 15 is 0 Å². The van der Waals surface area contributed by atoms with E-state index < -0.39 is 5.91 Å². The Morgan fingerprint density at radius 2 is 2.14 bits per heavy atom. The summed E-state index contributed by atoms with van der Waals surface area (Å²) in [5.74, 6) is -0.464. The molecule has 9 heteroatoms. The maximum Gasteiger partial charge on any atom is 0.276 e. The third-order valence-corrected chi connectivity index (χ3v) is 5.40. The summed E-state index contributed by atoms with van der Waals surface area (Å²) in [5.41, 5.74) is 9.30. The molecular formula is C20H24N6O3. The number of rotatable bonds is 3. The minimum absolute atomic E-state index is 0.229. The van der Waals surface area contributed by atoms with E-state index in [-0.39, 0.29) is 16.9 Å². The van der Waals surface area contributed by atoms with E-state index in [1.807, 2.05) is 18.7 Å². The maximum atomic E-state index is 12.9. The predicted molar refractivity (Wildman–Crippen MR) is 106 cm³/mol. The van der Waals surface area contributed by atoms with E-state index in [0.29, 0.717) is 36.9 Å². The number of primary amides is 1. The Bertz CT molecular complexity index is 1040. The van der Waals surface area contributed by atoms with Crippen LogP contribution in [0.3, 0.4) is 0 Å². The van der Waals surface area contributed by atoms with Crippen molar-refractivity contribution in [2.24, 2.45) is 16.1 Å². The molecule has 0 spiro atoms. The van der Waals surface area contributed by atoms with Crippen molar-refractivity contribution < 1.29 is 14.3 Å². The molecule has 4 heterocycles. The van der Waals surface area contributed by atoms with Crippen LogP contribution in [-0.4, -0.2) is 45.6 Å². The van der Waals surface area contributed by atoms with Crippen molar-refractivity contribution in [2.75, 3.05) is 13.2 Å². The molecule has 9 nitrogen and oxygen atoms in total. The van der Waals surface area contributed by atoms with Crippen LogP contribution in [0.4, 0.5) is 0 Å². The van der Waals surface area contributed by atoms with Crippen LogP contribution in [0.5, 0.6) is 0 Å². The fraction of sp³-hybridized carbons (Fsp3) is 0.400. The van der Waals surface area contributed by atoms with E-state index in [1.54, 1.807) is 16.9 Å². The Balaban J connectivity index is 1.74. The largest absolute Gasteiger partial charge is 0.496 e. The van der Waals surface area contributed by atoms with Crippen molar-refractivity contribution in [1.29, 1.82) is 0 Å². The van der Waals surface area contributed by atoms with Gasteiger partial charge < -0.3 is 15.4 Å². The molecular weight excluding hydrogens is 372 g/mol. The van der Waals surface area contributed by atoms with Gasteiger partial charge in [0.15, 0.2) is 0 Å². The highest BCUT2D eigenvalue weighted by molar-refractivity contribution is 6.07. The van der Waals surface area contributed by atoms with Crippen LogP contribution in [-0.2, 0) is 16.1 Å². The molecule has 3 N–H and O–H groups in total. The van der Waals surface area contributed by atoms with E-state index in [1.165, 1.54) is 6.26 Å². The summed E-state index contributed by atoms with van der Waals surface area (Å²) in [6.45, 7) is 9.49. The van der Waals surface area contributed by atoms with Crippen LogP contribution >= 0.6 is 0 Å². The second-order valence-electron chi connectivity index (χ2n) is 7.94. The smallest absolute Gasteiger partial charge is 0.276 e. The number of carbonyl (C=O) groups excluding carboxylic acids is 2. The molecule has 1 aromatic rings. The first-order chi connectivity index (χ1) is 13.7. The minimum atomic E-state index is -0.584.